The van der Waals surface area contributed by atoms with E-state index in [1.165, 1.54) is 51.4 Å². The maximum Gasteiger partial charge on any atom is 0.338 e. The quantitative estimate of drug-likeness (QED) is 0.228. The first kappa shape index (κ1) is 29.7. The second-order valence-corrected chi connectivity index (χ2v) is 6.98. The molecule has 0 spiro atoms. The fourth-order valence-corrected chi connectivity index (χ4v) is 2.36. The van der Waals surface area contributed by atoms with Gasteiger partial charge < -0.3 is 9.47 Å². The molecule has 0 aliphatic carbocycles. The SMILES string of the molecule is CC.CCCC.CCCCCCCOC(=O)c1ccc(OCCCCCC)cc1. The van der Waals surface area contributed by atoms with Crippen molar-refractivity contribution in [2.24, 2.45) is 0 Å². The van der Waals surface area contributed by atoms with Crippen LogP contribution in [0.2, 0.25) is 0 Å². The number of ether oxygens (including phenoxy) is 2. The Hall–Kier alpha value is -1.51. The molecule has 1 aromatic carbocycles. The van der Waals surface area contributed by atoms with Gasteiger partial charge >= 0.3 is 5.97 Å². The van der Waals surface area contributed by atoms with Gasteiger partial charge in [0.2, 0.25) is 0 Å². The third-order valence-electron chi connectivity index (χ3n) is 4.34. The lowest BCUT2D eigenvalue weighted by Gasteiger charge is -2.07. The van der Waals surface area contributed by atoms with Crippen LogP contribution in [0.1, 0.15) is 123 Å². The van der Waals surface area contributed by atoms with Gasteiger partial charge in [0.05, 0.1) is 18.8 Å². The van der Waals surface area contributed by atoms with Crippen LogP contribution < -0.4 is 4.74 Å². The van der Waals surface area contributed by atoms with E-state index in [1.807, 2.05) is 26.0 Å². The van der Waals surface area contributed by atoms with Gasteiger partial charge in [-0.05, 0) is 37.1 Å². The van der Waals surface area contributed by atoms with E-state index in [2.05, 4.69) is 27.7 Å². The fourth-order valence-electron chi connectivity index (χ4n) is 2.36. The molecule has 170 valence electrons. The van der Waals surface area contributed by atoms with Gasteiger partial charge in [0, 0.05) is 0 Å². The minimum absolute atomic E-state index is 0.241. The summed E-state index contributed by atoms with van der Waals surface area (Å²) < 4.78 is 11.0. The Morgan fingerprint density at radius 2 is 1.14 bits per heavy atom. The van der Waals surface area contributed by atoms with Crippen molar-refractivity contribution in [2.45, 2.75) is 112 Å². The number of esters is 1. The topological polar surface area (TPSA) is 35.5 Å². The van der Waals surface area contributed by atoms with Crippen molar-refractivity contribution >= 4 is 5.97 Å². The molecule has 0 heterocycles. The van der Waals surface area contributed by atoms with Crippen LogP contribution in [-0.2, 0) is 4.74 Å². The van der Waals surface area contributed by atoms with Gasteiger partial charge in [0.1, 0.15) is 5.75 Å². The summed E-state index contributed by atoms with van der Waals surface area (Å²) in [5, 5.41) is 0. The van der Waals surface area contributed by atoms with Crippen LogP contribution >= 0.6 is 0 Å². The summed E-state index contributed by atoms with van der Waals surface area (Å²) in [6.45, 7) is 14.0. The minimum Gasteiger partial charge on any atom is -0.494 e. The lowest BCUT2D eigenvalue weighted by Crippen LogP contribution is -2.06. The molecule has 0 aliphatic rings. The van der Waals surface area contributed by atoms with E-state index < -0.39 is 0 Å². The minimum atomic E-state index is -0.241. The molecule has 0 fully saturated rings. The Balaban J connectivity index is 0. The van der Waals surface area contributed by atoms with Crippen LogP contribution in [0.25, 0.3) is 0 Å². The maximum atomic E-state index is 11.9. The molecule has 0 amide bonds. The van der Waals surface area contributed by atoms with E-state index in [0.29, 0.717) is 12.2 Å². The Labute approximate surface area is 181 Å². The van der Waals surface area contributed by atoms with Gasteiger partial charge in [0.25, 0.3) is 0 Å². The van der Waals surface area contributed by atoms with Crippen molar-refractivity contribution in [2.75, 3.05) is 13.2 Å². The Bertz CT molecular complexity index is 438. The molecule has 0 aliphatic heterocycles. The maximum absolute atomic E-state index is 11.9. The van der Waals surface area contributed by atoms with Gasteiger partial charge in [-0.1, -0.05) is 99.3 Å². The molecule has 0 atom stereocenters. The number of rotatable bonds is 14. The molecule has 0 N–H and O–H groups in total. The Morgan fingerprint density at radius 1 is 0.655 bits per heavy atom. The summed E-state index contributed by atoms with van der Waals surface area (Å²) in [5.41, 5.74) is 0.594. The molecule has 0 bridgehead atoms. The first-order chi connectivity index (χ1) is 14.2. The number of carbonyl (C=O) groups excluding carboxylic acids is 1. The average molecular weight is 409 g/mol. The van der Waals surface area contributed by atoms with Crippen molar-refractivity contribution in [3.05, 3.63) is 29.8 Å². The van der Waals surface area contributed by atoms with E-state index in [-0.39, 0.29) is 5.97 Å². The predicted octanol–water partition coefficient (Wildman–Crippen LogP) is 8.61. The van der Waals surface area contributed by atoms with Crippen LogP contribution in [-0.4, -0.2) is 19.2 Å². The van der Waals surface area contributed by atoms with Crippen molar-refractivity contribution in [1.29, 1.82) is 0 Å². The number of hydrogen-bond donors (Lipinski definition) is 0. The van der Waals surface area contributed by atoms with E-state index >= 15 is 0 Å². The summed E-state index contributed by atoms with van der Waals surface area (Å²) >= 11 is 0. The van der Waals surface area contributed by atoms with Crippen molar-refractivity contribution in [3.63, 3.8) is 0 Å². The summed E-state index contributed by atoms with van der Waals surface area (Å²) in [6.07, 6.45) is 13.2. The smallest absolute Gasteiger partial charge is 0.338 e. The molecule has 3 nitrogen and oxygen atoms in total. The summed E-state index contributed by atoms with van der Waals surface area (Å²) in [5.74, 6) is 0.576. The second-order valence-electron chi connectivity index (χ2n) is 6.98. The molecule has 1 rings (SSSR count). The number of carbonyl (C=O) groups is 1. The molecule has 1 aromatic rings. The molecular weight excluding hydrogens is 360 g/mol. The predicted molar refractivity (Wildman–Crippen MR) is 127 cm³/mol. The standard InChI is InChI=1S/C20H32O3.C4H10.C2H6/c1-3-5-7-9-11-17-23-20(21)18-12-14-19(15-13-18)22-16-10-8-6-4-2;1-3-4-2;1-2/h12-15H,3-11,16-17H2,1-2H3;3-4H2,1-2H3;1-2H3. The van der Waals surface area contributed by atoms with E-state index in [4.69, 9.17) is 9.47 Å². The molecule has 0 saturated carbocycles. The van der Waals surface area contributed by atoms with Gasteiger partial charge in [-0.3, -0.25) is 0 Å². The van der Waals surface area contributed by atoms with Crippen molar-refractivity contribution < 1.29 is 14.3 Å². The van der Waals surface area contributed by atoms with Crippen LogP contribution in [0, 0.1) is 0 Å². The van der Waals surface area contributed by atoms with Crippen LogP contribution in [0.4, 0.5) is 0 Å². The second kappa shape index (κ2) is 24.5. The third kappa shape index (κ3) is 19.6. The molecule has 0 unspecified atom stereocenters. The normalized spacial score (nSPS) is 9.59. The molecule has 3 heteroatoms. The van der Waals surface area contributed by atoms with Gasteiger partial charge in [0.15, 0.2) is 0 Å². The molecular formula is C26H48O3. The van der Waals surface area contributed by atoms with Crippen molar-refractivity contribution in [3.8, 4) is 5.75 Å². The first-order valence-corrected chi connectivity index (χ1v) is 12.1. The zero-order valence-electron chi connectivity index (χ0n) is 20.2. The molecule has 29 heavy (non-hydrogen) atoms. The summed E-state index contributed by atoms with van der Waals surface area (Å²) in [6, 6.07) is 7.25. The van der Waals surface area contributed by atoms with Crippen molar-refractivity contribution in [1.82, 2.24) is 0 Å². The van der Waals surface area contributed by atoms with Gasteiger partial charge in [-0.15, -0.1) is 0 Å². The summed E-state index contributed by atoms with van der Waals surface area (Å²) in [4.78, 5) is 11.9. The zero-order valence-corrected chi connectivity index (χ0v) is 20.2. The number of benzene rings is 1. The largest absolute Gasteiger partial charge is 0.494 e. The first-order valence-electron chi connectivity index (χ1n) is 12.1. The Morgan fingerprint density at radius 3 is 1.66 bits per heavy atom. The van der Waals surface area contributed by atoms with Gasteiger partial charge in [-0.2, -0.15) is 0 Å². The van der Waals surface area contributed by atoms with E-state index in [0.717, 1.165) is 31.6 Å². The number of hydrogen-bond acceptors (Lipinski definition) is 3. The zero-order chi connectivity index (χ0) is 22.2. The Kier molecular flexibility index (Phi) is 25.1. The lowest BCUT2D eigenvalue weighted by molar-refractivity contribution is 0.0497. The van der Waals surface area contributed by atoms with E-state index in [1.54, 1.807) is 12.1 Å². The highest BCUT2D eigenvalue weighted by Gasteiger charge is 2.07. The highest BCUT2D eigenvalue weighted by atomic mass is 16.5. The van der Waals surface area contributed by atoms with Gasteiger partial charge in [-0.25, -0.2) is 4.79 Å². The highest BCUT2D eigenvalue weighted by Crippen LogP contribution is 2.14. The number of unbranched alkanes of at least 4 members (excludes halogenated alkanes) is 8. The average Bonchev–Trinajstić information content (AvgIpc) is 2.78. The lowest BCUT2D eigenvalue weighted by atomic mass is 10.2. The monoisotopic (exact) mass is 408 g/mol. The fraction of sp³-hybridized carbons (Fsp3) is 0.731. The highest BCUT2D eigenvalue weighted by molar-refractivity contribution is 5.89. The van der Waals surface area contributed by atoms with Crippen LogP contribution in [0.3, 0.4) is 0 Å². The third-order valence-corrected chi connectivity index (χ3v) is 4.34. The van der Waals surface area contributed by atoms with Crippen LogP contribution in [0.5, 0.6) is 5.75 Å². The summed E-state index contributed by atoms with van der Waals surface area (Å²) in [7, 11) is 0. The molecule has 0 radical (unpaired) electrons. The van der Waals surface area contributed by atoms with E-state index in [9.17, 15) is 4.79 Å². The molecule has 0 aromatic heterocycles. The molecule has 0 saturated heterocycles. The van der Waals surface area contributed by atoms with Crippen LogP contribution in [0.15, 0.2) is 24.3 Å².